The lowest BCUT2D eigenvalue weighted by Crippen LogP contribution is -2.37. The van der Waals surface area contributed by atoms with E-state index in [1.54, 1.807) is 12.3 Å². The van der Waals surface area contributed by atoms with Crippen molar-refractivity contribution in [2.45, 2.75) is 0 Å². The lowest BCUT2D eigenvalue weighted by atomic mass is 10.2. The van der Waals surface area contributed by atoms with Crippen molar-refractivity contribution in [3.8, 4) is 5.75 Å². The summed E-state index contributed by atoms with van der Waals surface area (Å²) >= 11 is 0. The molecule has 84 valence electrons. The maximum absolute atomic E-state index is 9.81. The van der Waals surface area contributed by atoms with Crippen LogP contribution in [0.5, 0.6) is 5.75 Å². The molecule has 1 aliphatic rings. The second kappa shape index (κ2) is 3.94. The average molecular weight is 224 g/mol. The second-order valence-corrected chi connectivity index (χ2v) is 3.95. The number of aromatic nitrogens is 1. The van der Waals surface area contributed by atoms with Crippen LogP contribution in [-0.2, 0) is 0 Å². The van der Waals surface area contributed by atoms with Crippen molar-refractivity contribution in [3.05, 3.63) is 53.2 Å². The van der Waals surface area contributed by atoms with Crippen LogP contribution in [0.4, 0.5) is 5.69 Å². The van der Waals surface area contributed by atoms with E-state index >= 15 is 0 Å². The van der Waals surface area contributed by atoms with Crippen molar-refractivity contribution in [2.24, 2.45) is 0 Å². The van der Waals surface area contributed by atoms with Crippen LogP contribution < -0.4 is 15.5 Å². The smallest absolute Gasteiger partial charge is 0.139 e. The molecule has 2 aromatic rings. The molecule has 3 nitrogen and oxygen atoms in total. The van der Waals surface area contributed by atoms with Crippen molar-refractivity contribution >= 4 is 18.0 Å². The summed E-state index contributed by atoms with van der Waals surface area (Å²) in [6.07, 6.45) is 5.84. The highest BCUT2D eigenvalue weighted by Gasteiger charge is 2.09. The van der Waals surface area contributed by atoms with Gasteiger partial charge in [-0.1, -0.05) is 24.3 Å². The van der Waals surface area contributed by atoms with Crippen LogP contribution in [0.3, 0.4) is 0 Å². The number of benzene rings is 1. The molecular weight excluding hydrogens is 212 g/mol. The lowest BCUT2D eigenvalue weighted by Gasteiger charge is -2.21. The maximum Gasteiger partial charge on any atom is 0.139 e. The number of nitrogens with zero attached hydrogens (tertiary/aromatic N) is 2. The number of anilines is 1. The number of para-hydroxylation sites is 2. The average Bonchev–Trinajstić information content (AvgIpc) is 2.39. The van der Waals surface area contributed by atoms with Crippen LogP contribution in [-0.4, -0.2) is 16.6 Å². The third kappa shape index (κ3) is 1.76. The van der Waals surface area contributed by atoms with Crippen molar-refractivity contribution in [1.82, 2.24) is 4.98 Å². The number of pyridine rings is 1. The van der Waals surface area contributed by atoms with Gasteiger partial charge in [0, 0.05) is 18.9 Å². The zero-order valence-electron chi connectivity index (χ0n) is 9.24. The number of aromatic hydroxyl groups is 1. The SMILES string of the molecule is Oc1ccccc1N1C=c2ncccc2=CC1. The van der Waals surface area contributed by atoms with E-state index in [1.807, 2.05) is 41.4 Å². The highest BCUT2D eigenvalue weighted by Crippen LogP contribution is 2.26. The Balaban J connectivity index is 2.10. The molecular formula is C14H12N2O. The Morgan fingerprint density at radius 3 is 2.88 bits per heavy atom. The molecule has 0 saturated heterocycles. The topological polar surface area (TPSA) is 36.4 Å². The zero-order valence-corrected chi connectivity index (χ0v) is 9.24. The summed E-state index contributed by atoms with van der Waals surface area (Å²) in [4.78, 5) is 6.31. The summed E-state index contributed by atoms with van der Waals surface area (Å²) in [7, 11) is 0. The van der Waals surface area contributed by atoms with E-state index in [1.165, 1.54) is 0 Å². The van der Waals surface area contributed by atoms with Gasteiger partial charge in [-0.05, 0) is 23.4 Å². The van der Waals surface area contributed by atoms with Crippen LogP contribution >= 0.6 is 0 Å². The van der Waals surface area contributed by atoms with Gasteiger partial charge in [0.2, 0.25) is 0 Å². The summed E-state index contributed by atoms with van der Waals surface area (Å²) in [5.74, 6) is 0.288. The van der Waals surface area contributed by atoms with Gasteiger partial charge in [-0.25, -0.2) is 0 Å². The van der Waals surface area contributed by atoms with Crippen LogP contribution in [0.2, 0.25) is 0 Å². The first-order valence-electron chi connectivity index (χ1n) is 5.52. The molecule has 0 atom stereocenters. The van der Waals surface area contributed by atoms with Crippen molar-refractivity contribution in [2.75, 3.05) is 11.4 Å². The molecule has 0 amide bonds. The monoisotopic (exact) mass is 224 g/mol. The molecule has 0 spiro atoms. The van der Waals surface area contributed by atoms with E-state index in [-0.39, 0.29) is 5.75 Å². The minimum absolute atomic E-state index is 0.288. The van der Waals surface area contributed by atoms with Crippen LogP contribution in [0.1, 0.15) is 0 Å². The molecule has 0 radical (unpaired) electrons. The molecule has 0 unspecified atom stereocenters. The van der Waals surface area contributed by atoms with Gasteiger partial charge < -0.3 is 10.0 Å². The normalized spacial score (nSPS) is 13.5. The molecule has 0 aliphatic carbocycles. The Hall–Kier alpha value is -2.29. The molecule has 2 heterocycles. The van der Waals surface area contributed by atoms with Crippen molar-refractivity contribution < 1.29 is 5.11 Å². The lowest BCUT2D eigenvalue weighted by molar-refractivity contribution is 0.476. The fourth-order valence-corrected chi connectivity index (χ4v) is 1.98. The van der Waals surface area contributed by atoms with E-state index in [2.05, 4.69) is 11.1 Å². The molecule has 1 aromatic carbocycles. The largest absolute Gasteiger partial charge is 0.506 e. The summed E-state index contributed by atoms with van der Waals surface area (Å²) < 4.78 is 0. The molecule has 0 fully saturated rings. The summed E-state index contributed by atoms with van der Waals surface area (Å²) in [5, 5.41) is 11.9. The fraction of sp³-hybridized carbons (Fsp3) is 0.0714. The second-order valence-electron chi connectivity index (χ2n) is 3.95. The van der Waals surface area contributed by atoms with E-state index < -0.39 is 0 Å². The molecule has 1 aromatic heterocycles. The van der Waals surface area contributed by atoms with Gasteiger partial charge in [0.05, 0.1) is 11.0 Å². The third-order valence-electron chi connectivity index (χ3n) is 2.85. The summed E-state index contributed by atoms with van der Waals surface area (Å²) in [5.41, 5.74) is 0.806. The first kappa shape index (κ1) is 9.90. The zero-order chi connectivity index (χ0) is 11.7. The Kier molecular flexibility index (Phi) is 2.29. The third-order valence-corrected chi connectivity index (χ3v) is 2.85. The Bertz CT molecular complexity index is 664. The molecule has 3 heteroatoms. The molecule has 3 rings (SSSR count). The standard InChI is InChI=1S/C14H12N2O/c17-14-6-2-1-5-13(14)16-9-7-11-4-3-8-15-12(11)10-16/h1-8,10,17H,9H2. The van der Waals surface area contributed by atoms with Gasteiger partial charge in [-0.15, -0.1) is 0 Å². The Morgan fingerprint density at radius 2 is 2.00 bits per heavy atom. The van der Waals surface area contributed by atoms with Crippen LogP contribution in [0.25, 0.3) is 12.3 Å². The molecule has 17 heavy (non-hydrogen) atoms. The quantitative estimate of drug-likeness (QED) is 0.779. The fourth-order valence-electron chi connectivity index (χ4n) is 1.98. The molecule has 0 saturated carbocycles. The van der Waals surface area contributed by atoms with E-state index in [0.29, 0.717) is 0 Å². The van der Waals surface area contributed by atoms with E-state index in [0.717, 1.165) is 22.8 Å². The predicted octanol–water partition coefficient (Wildman–Crippen LogP) is 0.826. The Labute approximate surface area is 99.0 Å². The number of fused-ring (bicyclic) bond motifs is 1. The highest BCUT2D eigenvalue weighted by molar-refractivity contribution is 5.68. The minimum Gasteiger partial charge on any atom is -0.506 e. The van der Waals surface area contributed by atoms with Gasteiger partial charge >= 0.3 is 0 Å². The number of hydrogen-bond acceptors (Lipinski definition) is 3. The summed E-state index contributed by atoms with van der Waals surface area (Å²) in [6, 6.07) is 11.3. The van der Waals surface area contributed by atoms with Crippen molar-refractivity contribution in [3.63, 3.8) is 0 Å². The molecule has 0 bridgehead atoms. The van der Waals surface area contributed by atoms with Crippen LogP contribution in [0, 0.1) is 0 Å². The van der Waals surface area contributed by atoms with Crippen LogP contribution in [0.15, 0.2) is 42.6 Å². The molecule has 1 aliphatic heterocycles. The first-order chi connectivity index (χ1) is 8.34. The van der Waals surface area contributed by atoms with Crippen molar-refractivity contribution in [1.29, 1.82) is 0 Å². The first-order valence-corrected chi connectivity index (χ1v) is 5.52. The van der Waals surface area contributed by atoms with E-state index in [9.17, 15) is 5.11 Å². The minimum atomic E-state index is 0.288. The van der Waals surface area contributed by atoms with Gasteiger partial charge in [0.25, 0.3) is 0 Å². The number of phenolic OH excluding ortho intramolecular Hbond substituents is 1. The predicted molar refractivity (Wildman–Crippen MR) is 67.9 cm³/mol. The van der Waals surface area contributed by atoms with Gasteiger partial charge in [0.1, 0.15) is 5.75 Å². The van der Waals surface area contributed by atoms with Gasteiger partial charge in [-0.3, -0.25) is 4.98 Å². The van der Waals surface area contributed by atoms with Gasteiger partial charge in [0.15, 0.2) is 0 Å². The van der Waals surface area contributed by atoms with Gasteiger partial charge in [-0.2, -0.15) is 0 Å². The van der Waals surface area contributed by atoms with E-state index in [4.69, 9.17) is 0 Å². The number of rotatable bonds is 1. The highest BCUT2D eigenvalue weighted by atomic mass is 16.3. The molecule has 1 N–H and O–H groups in total. The maximum atomic E-state index is 9.81. The Morgan fingerprint density at radius 1 is 1.12 bits per heavy atom. The number of phenols is 1. The summed E-state index contributed by atoms with van der Waals surface area (Å²) in [6.45, 7) is 0.746. The number of hydrogen-bond donors (Lipinski definition) is 1.